The van der Waals surface area contributed by atoms with Crippen LogP contribution in [-0.2, 0) is 8.85 Å². The number of benzene rings is 1. The number of rotatable bonds is 10. The second-order valence-electron chi connectivity index (χ2n) is 4.91. The molecule has 0 radical (unpaired) electrons. The summed E-state index contributed by atoms with van der Waals surface area (Å²) in [5.41, 5.74) is 1.11. The van der Waals surface area contributed by atoms with Crippen LogP contribution >= 0.6 is 0 Å². The largest absolute Gasteiger partial charge is 0.391 e. The van der Waals surface area contributed by atoms with Crippen LogP contribution in [0.4, 0.5) is 0 Å². The summed E-state index contributed by atoms with van der Waals surface area (Å²) in [4.78, 5) is 2.39. The highest BCUT2D eigenvalue weighted by atomic mass is 28.4. The van der Waals surface area contributed by atoms with Crippen LogP contribution in [0.1, 0.15) is 33.3 Å². The van der Waals surface area contributed by atoms with Crippen molar-refractivity contribution in [1.29, 1.82) is 0 Å². The summed E-state index contributed by atoms with van der Waals surface area (Å²) < 4.78 is 12.5. The fourth-order valence-corrected chi connectivity index (χ4v) is 5.99. The summed E-state index contributed by atoms with van der Waals surface area (Å²) in [5.74, 6) is 0. The molecular weight excluding hydrogens is 278 g/mol. The summed E-state index contributed by atoms with van der Waals surface area (Å²) in [5, 5.41) is 1.19. The lowest BCUT2D eigenvalue weighted by Gasteiger charge is -2.34. The lowest BCUT2D eigenvalue weighted by Crippen LogP contribution is -2.61. The van der Waals surface area contributed by atoms with E-state index in [1.165, 1.54) is 5.19 Å². The number of nitrogens with zero attached hydrogens (tertiary/aromatic N) is 1. The van der Waals surface area contributed by atoms with Crippen molar-refractivity contribution in [3.8, 4) is 0 Å². The molecule has 118 valence electrons. The van der Waals surface area contributed by atoms with Crippen LogP contribution < -0.4 is 5.19 Å². The Morgan fingerprint density at radius 3 is 2.19 bits per heavy atom. The van der Waals surface area contributed by atoms with Gasteiger partial charge in [0.1, 0.15) is 0 Å². The van der Waals surface area contributed by atoms with Gasteiger partial charge in [-0.15, -0.1) is 0 Å². The average Bonchev–Trinajstić information content (AvgIpc) is 2.53. The van der Waals surface area contributed by atoms with Crippen molar-refractivity contribution < 1.29 is 8.85 Å². The molecule has 0 unspecified atom stereocenters. The molecule has 0 amide bonds. The zero-order valence-corrected chi connectivity index (χ0v) is 14.9. The van der Waals surface area contributed by atoms with Gasteiger partial charge in [-0.2, -0.15) is 0 Å². The summed E-state index contributed by atoms with van der Waals surface area (Å²) in [6.07, 6.45) is 2.74. The molecule has 0 saturated heterocycles. The molecule has 0 fully saturated rings. The van der Waals surface area contributed by atoms with Gasteiger partial charge in [0.2, 0.25) is 0 Å². The molecule has 1 rings (SSSR count). The molecule has 0 spiro atoms. The van der Waals surface area contributed by atoms with Crippen LogP contribution in [-0.4, -0.2) is 45.9 Å². The molecule has 0 aromatic heterocycles. The molecule has 0 saturated carbocycles. The van der Waals surface area contributed by atoms with Crippen LogP contribution in [0.5, 0.6) is 0 Å². The van der Waals surface area contributed by atoms with Gasteiger partial charge < -0.3 is 13.8 Å². The summed E-state index contributed by atoms with van der Waals surface area (Å²) in [6, 6.07) is 8.42. The maximum Gasteiger partial charge on any atom is 0.387 e. The van der Waals surface area contributed by atoms with E-state index in [9.17, 15) is 0 Å². The van der Waals surface area contributed by atoms with E-state index < -0.39 is 8.56 Å². The molecule has 21 heavy (non-hydrogen) atoms. The van der Waals surface area contributed by atoms with Gasteiger partial charge in [-0.25, -0.2) is 0 Å². The smallest absolute Gasteiger partial charge is 0.387 e. The Morgan fingerprint density at radius 2 is 1.71 bits per heavy atom. The minimum Gasteiger partial charge on any atom is -0.391 e. The van der Waals surface area contributed by atoms with Crippen LogP contribution in [0, 0.1) is 0 Å². The molecule has 1 aromatic rings. The first-order valence-corrected chi connectivity index (χ1v) is 9.91. The van der Waals surface area contributed by atoms with E-state index in [1.807, 2.05) is 19.9 Å². The summed E-state index contributed by atoms with van der Waals surface area (Å²) >= 11 is 0. The van der Waals surface area contributed by atoms with Gasteiger partial charge in [-0.3, -0.25) is 0 Å². The molecule has 0 N–H and O–H groups in total. The second kappa shape index (κ2) is 9.15. The fraction of sp³-hybridized carbons (Fsp3) is 0.529. The van der Waals surface area contributed by atoms with Crippen molar-refractivity contribution >= 4 is 19.8 Å². The van der Waals surface area contributed by atoms with Gasteiger partial charge in [0.25, 0.3) is 0 Å². The first-order chi connectivity index (χ1) is 10.2. The van der Waals surface area contributed by atoms with E-state index in [-0.39, 0.29) is 0 Å². The van der Waals surface area contributed by atoms with Crippen molar-refractivity contribution in [2.45, 2.75) is 27.7 Å². The minimum absolute atomic E-state index is 0.672. The highest BCUT2D eigenvalue weighted by Crippen LogP contribution is 2.13. The molecule has 0 aliphatic rings. The van der Waals surface area contributed by atoms with Gasteiger partial charge >= 0.3 is 8.56 Å². The summed E-state index contributed by atoms with van der Waals surface area (Å²) in [6.45, 7) is 15.7. The van der Waals surface area contributed by atoms with Crippen molar-refractivity contribution in [2.75, 3.05) is 32.5 Å². The van der Waals surface area contributed by atoms with E-state index in [0.717, 1.165) is 24.8 Å². The van der Waals surface area contributed by atoms with Crippen molar-refractivity contribution in [1.82, 2.24) is 4.90 Å². The summed E-state index contributed by atoms with van der Waals surface area (Å²) in [7, 11) is -2.45. The molecule has 3 nitrogen and oxygen atoms in total. The molecular formula is C17H29NO2Si. The molecule has 0 aliphatic heterocycles. The fourth-order valence-electron chi connectivity index (χ4n) is 2.50. The van der Waals surface area contributed by atoms with Gasteiger partial charge in [-0.05, 0) is 37.7 Å². The van der Waals surface area contributed by atoms with Crippen LogP contribution in [0.15, 0.2) is 30.8 Å². The lowest BCUT2D eigenvalue weighted by atomic mass is 10.2. The van der Waals surface area contributed by atoms with E-state index in [2.05, 4.69) is 49.6 Å². The molecule has 0 heterocycles. The zero-order chi connectivity index (χ0) is 15.7. The quantitative estimate of drug-likeness (QED) is 0.620. The van der Waals surface area contributed by atoms with E-state index in [4.69, 9.17) is 8.85 Å². The molecule has 1 aromatic carbocycles. The third-order valence-corrected chi connectivity index (χ3v) is 7.21. The van der Waals surface area contributed by atoms with Crippen molar-refractivity contribution in [3.63, 3.8) is 0 Å². The Morgan fingerprint density at radius 1 is 1.10 bits per heavy atom. The average molecular weight is 308 g/mol. The first kappa shape index (κ1) is 18.1. The molecule has 4 heteroatoms. The van der Waals surface area contributed by atoms with Crippen LogP contribution in [0.3, 0.4) is 0 Å². The number of hydrogen-bond acceptors (Lipinski definition) is 3. The second-order valence-corrected chi connectivity index (χ2v) is 7.89. The lowest BCUT2D eigenvalue weighted by molar-refractivity contribution is 0.174. The van der Waals surface area contributed by atoms with Crippen molar-refractivity contribution in [3.05, 3.63) is 36.4 Å². The predicted molar refractivity (Wildman–Crippen MR) is 93.0 cm³/mol. The van der Waals surface area contributed by atoms with Gasteiger partial charge in [0.05, 0.1) is 0 Å². The zero-order valence-electron chi connectivity index (χ0n) is 13.9. The Labute approximate surface area is 130 Å². The van der Waals surface area contributed by atoms with Gasteiger partial charge in [0.15, 0.2) is 0 Å². The van der Waals surface area contributed by atoms with E-state index in [1.54, 1.807) is 0 Å². The Kier molecular flexibility index (Phi) is 7.89. The van der Waals surface area contributed by atoms with Crippen LogP contribution in [0.25, 0.3) is 6.08 Å². The monoisotopic (exact) mass is 307 g/mol. The van der Waals surface area contributed by atoms with E-state index in [0.29, 0.717) is 13.2 Å². The molecule has 0 bridgehead atoms. The Hall–Kier alpha value is -0.943. The Bertz CT molecular complexity index is 427. The van der Waals surface area contributed by atoms with Crippen LogP contribution in [0.2, 0.25) is 0 Å². The predicted octanol–water partition coefficient (Wildman–Crippen LogP) is 2.93. The van der Waals surface area contributed by atoms with Crippen molar-refractivity contribution in [2.24, 2.45) is 0 Å². The maximum absolute atomic E-state index is 6.23. The third-order valence-electron chi connectivity index (χ3n) is 3.64. The maximum atomic E-state index is 6.23. The van der Waals surface area contributed by atoms with Gasteiger partial charge in [-0.1, -0.05) is 50.8 Å². The topological polar surface area (TPSA) is 21.7 Å². The molecule has 0 atom stereocenters. The normalized spacial score (nSPS) is 11.9. The highest BCUT2D eigenvalue weighted by Gasteiger charge is 2.41. The van der Waals surface area contributed by atoms with E-state index >= 15 is 0 Å². The molecule has 0 aliphatic carbocycles. The van der Waals surface area contributed by atoms with Gasteiger partial charge in [0, 0.05) is 19.4 Å². The Balaban J connectivity index is 3.22. The minimum atomic E-state index is -2.45. The highest BCUT2D eigenvalue weighted by molar-refractivity contribution is 6.81. The first-order valence-electron chi connectivity index (χ1n) is 7.88. The third kappa shape index (κ3) is 4.78. The number of hydrogen-bond donors (Lipinski definition) is 0. The standard InChI is InChI=1S/C17H29NO2Si/c1-6-16-12-11-13-17(14-16)21(19-9-4,20-10-5)15-18(7-2)8-3/h6,11-14H,1,7-10,15H2,2-5H3. The SMILES string of the molecule is C=Cc1cccc([Si](CN(CC)CC)(OCC)OCC)c1.